The first-order valence-electron chi connectivity index (χ1n) is 3.86. The van der Waals surface area contributed by atoms with E-state index in [4.69, 9.17) is 14.9 Å². The molecule has 0 saturated carbocycles. The lowest BCUT2D eigenvalue weighted by Crippen LogP contribution is -2.19. The Morgan fingerprint density at radius 1 is 1.50 bits per heavy atom. The number of hydrogen-bond acceptors (Lipinski definition) is 3. The van der Waals surface area contributed by atoms with Crippen molar-refractivity contribution in [2.24, 2.45) is 0 Å². The molecule has 3 heteroatoms. The van der Waals surface area contributed by atoms with Crippen molar-refractivity contribution in [1.29, 1.82) is 0 Å². The van der Waals surface area contributed by atoms with Crippen LogP contribution >= 0.6 is 0 Å². The van der Waals surface area contributed by atoms with Crippen molar-refractivity contribution in [3.63, 3.8) is 0 Å². The summed E-state index contributed by atoms with van der Waals surface area (Å²) in [5, 5.41) is 17.4. The lowest BCUT2D eigenvalue weighted by molar-refractivity contribution is 0.0735. The Morgan fingerprint density at radius 2 is 2.08 bits per heavy atom. The molecule has 1 unspecified atom stereocenters. The fourth-order valence-electron chi connectivity index (χ4n) is 0.497. The zero-order chi connectivity index (χ0) is 9.61. The predicted molar refractivity (Wildman–Crippen MR) is 46.6 cm³/mol. The second kappa shape index (κ2) is 5.15. The fraction of sp³-hybridized carbons (Fsp3) is 0.778. The average molecular weight is 172 g/mol. The highest BCUT2D eigenvalue weighted by atomic mass is 16.5. The Balaban J connectivity index is 3.87. The van der Waals surface area contributed by atoms with Crippen molar-refractivity contribution in [2.45, 2.75) is 32.0 Å². The molecule has 0 bridgehead atoms. The van der Waals surface area contributed by atoms with E-state index < -0.39 is 11.7 Å². The van der Waals surface area contributed by atoms with Gasteiger partial charge in [-0.15, -0.1) is 0 Å². The van der Waals surface area contributed by atoms with Crippen LogP contribution in [0.25, 0.3) is 0 Å². The molecule has 0 aromatic heterocycles. The summed E-state index contributed by atoms with van der Waals surface area (Å²) in [6.07, 6.45) is -0.464. The summed E-state index contributed by atoms with van der Waals surface area (Å²) in [6.45, 7) is 3.43. The maximum atomic E-state index is 8.93. The number of ether oxygens (including phenoxy) is 1. The van der Waals surface area contributed by atoms with Crippen LogP contribution in [0.15, 0.2) is 0 Å². The van der Waals surface area contributed by atoms with Gasteiger partial charge in [-0.05, 0) is 13.8 Å². The standard InChI is InChI=1S/C9H16O3/c1-9(2,12-3)6-4-5-8(11)7-10/h8,10-11H,5,7H2,1-3H3. The smallest absolute Gasteiger partial charge is 0.122 e. The van der Waals surface area contributed by atoms with Gasteiger partial charge in [-0.3, -0.25) is 0 Å². The highest BCUT2D eigenvalue weighted by Gasteiger charge is 2.10. The average Bonchev–Trinajstić information content (AvgIpc) is 2.04. The van der Waals surface area contributed by atoms with Crippen molar-refractivity contribution >= 4 is 0 Å². The lowest BCUT2D eigenvalue weighted by Gasteiger charge is -2.14. The van der Waals surface area contributed by atoms with Crippen LogP contribution in [0.5, 0.6) is 0 Å². The van der Waals surface area contributed by atoms with Crippen molar-refractivity contribution in [1.82, 2.24) is 0 Å². The van der Waals surface area contributed by atoms with E-state index in [0.29, 0.717) is 0 Å². The van der Waals surface area contributed by atoms with E-state index in [1.54, 1.807) is 7.11 Å². The molecular formula is C9H16O3. The zero-order valence-electron chi connectivity index (χ0n) is 7.79. The fourth-order valence-corrected chi connectivity index (χ4v) is 0.497. The van der Waals surface area contributed by atoms with E-state index >= 15 is 0 Å². The van der Waals surface area contributed by atoms with Crippen LogP contribution < -0.4 is 0 Å². The molecule has 0 aliphatic heterocycles. The van der Waals surface area contributed by atoms with Crippen LogP contribution in [-0.4, -0.2) is 35.6 Å². The molecule has 0 rings (SSSR count). The van der Waals surface area contributed by atoms with E-state index in [-0.39, 0.29) is 13.0 Å². The minimum Gasteiger partial charge on any atom is -0.394 e. The Hall–Kier alpha value is -0.560. The highest BCUT2D eigenvalue weighted by molar-refractivity contribution is 5.11. The Morgan fingerprint density at radius 3 is 2.50 bits per heavy atom. The molecule has 3 nitrogen and oxygen atoms in total. The third-order valence-corrected chi connectivity index (χ3v) is 1.45. The van der Waals surface area contributed by atoms with Gasteiger partial charge in [-0.2, -0.15) is 0 Å². The summed E-state index contributed by atoms with van der Waals surface area (Å²) < 4.78 is 5.04. The largest absolute Gasteiger partial charge is 0.394 e. The lowest BCUT2D eigenvalue weighted by atomic mass is 10.1. The SMILES string of the molecule is COC(C)(C)C#CCC(O)CO. The van der Waals surface area contributed by atoms with Gasteiger partial charge in [-0.1, -0.05) is 11.8 Å². The molecule has 0 aliphatic carbocycles. The third-order valence-electron chi connectivity index (χ3n) is 1.45. The minimum absolute atomic E-state index is 0.248. The normalized spacial score (nSPS) is 13.4. The minimum atomic E-state index is -0.745. The molecule has 2 N–H and O–H groups in total. The summed E-state index contributed by atoms with van der Waals surface area (Å²) in [5.41, 5.74) is -0.477. The summed E-state index contributed by atoms with van der Waals surface area (Å²) >= 11 is 0. The molecule has 70 valence electrons. The second-order valence-electron chi connectivity index (χ2n) is 3.06. The van der Waals surface area contributed by atoms with Crippen LogP contribution in [0.4, 0.5) is 0 Å². The van der Waals surface area contributed by atoms with Gasteiger partial charge in [0.1, 0.15) is 5.60 Å². The van der Waals surface area contributed by atoms with Crippen LogP contribution in [0.3, 0.4) is 0 Å². The summed E-state index contributed by atoms with van der Waals surface area (Å²) in [5.74, 6) is 5.57. The van der Waals surface area contributed by atoms with Gasteiger partial charge in [0, 0.05) is 13.5 Å². The quantitative estimate of drug-likeness (QED) is 0.596. The van der Waals surface area contributed by atoms with Crippen LogP contribution in [0.2, 0.25) is 0 Å². The first-order valence-corrected chi connectivity index (χ1v) is 3.86. The summed E-state index contributed by atoms with van der Waals surface area (Å²) in [6, 6.07) is 0. The van der Waals surface area contributed by atoms with Crippen molar-refractivity contribution in [3.8, 4) is 11.8 Å². The van der Waals surface area contributed by atoms with Crippen LogP contribution in [0.1, 0.15) is 20.3 Å². The van der Waals surface area contributed by atoms with Crippen LogP contribution in [0, 0.1) is 11.8 Å². The molecule has 0 aliphatic rings. The second-order valence-corrected chi connectivity index (χ2v) is 3.06. The van der Waals surface area contributed by atoms with E-state index in [1.165, 1.54) is 0 Å². The van der Waals surface area contributed by atoms with E-state index in [0.717, 1.165) is 0 Å². The number of hydrogen-bond donors (Lipinski definition) is 2. The van der Waals surface area contributed by atoms with Gasteiger partial charge < -0.3 is 14.9 Å². The van der Waals surface area contributed by atoms with Crippen molar-refractivity contribution in [2.75, 3.05) is 13.7 Å². The molecule has 0 spiro atoms. The molecule has 0 radical (unpaired) electrons. The highest BCUT2D eigenvalue weighted by Crippen LogP contribution is 2.04. The van der Waals surface area contributed by atoms with Gasteiger partial charge in [0.25, 0.3) is 0 Å². The number of aliphatic hydroxyl groups is 2. The third kappa shape index (κ3) is 5.14. The summed E-state index contributed by atoms with van der Waals surface area (Å²) in [4.78, 5) is 0. The van der Waals surface area contributed by atoms with Gasteiger partial charge >= 0.3 is 0 Å². The molecule has 1 atom stereocenters. The summed E-state index contributed by atoms with van der Waals surface area (Å²) in [7, 11) is 1.58. The first-order chi connectivity index (χ1) is 5.52. The van der Waals surface area contributed by atoms with Gasteiger partial charge in [0.2, 0.25) is 0 Å². The topological polar surface area (TPSA) is 49.7 Å². The van der Waals surface area contributed by atoms with Gasteiger partial charge in [0.05, 0.1) is 12.7 Å². The van der Waals surface area contributed by atoms with Gasteiger partial charge in [-0.25, -0.2) is 0 Å². The molecule has 12 heavy (non-hydrogen) atoms. The van der Waals surface area contributed by atoms with Crippen LogP contribution in [-0.2, 0) is 4.74 Å². The Bertz CT molecular complexity index is 176. The van der Waals surface area contributed by atoms with Crippen molar-refractivity contribution < 1.29 is 14.9 Å². The van der Waals surface area contributed by atoms with E-state index in [2.05, 4.69) is 11.8 Å². The molecule has 0 aromatic carbocycles. The Labute approximate surface area is 73.4 Å². The number of aliphatic hydroxyl groups excluding tert-OH is 2. The monoisotopic (exact) mass is 172 g/mol. The molecular weight excluding hydrogens is 156 g/mol. The van der Waals surface area contributed by atoms with Gasteiger partial charge in [0.15, 0.2) is 0 Å². The molecule has 0 heterocycles. The molecule has 0 fully saturated rings. The first kappa shape index (κ1) is 11.4. The predicted octanol–water partition coefficient (Wildman–Crippen LogP) is 0.158. The molecule has 0 aromatic rings. The molecule has 0 amide bonds. The number of rotatable bonds is 3. The Kier molecular flexibility index (Phi) is 4.91. The maximum absolute atomic E-state index is 8.93. The van der Waals surface area contributed by atoms with E-state index in [1.807, 2.05) is 13.8 Å². The number of methoxy groups -OCH3 is 1. The molecule has 0 saturated heterocycles. The zero-order valence-corrected chi connectivity index (χ0v) is 7.79. The maximum Gasteiger partial charge on any atom is 0.122 e. The van der Waals surface area contributed by atoms with Crippen molar-refractivity contribution in [3.05, 3.63) is 0 Å². The van der Waals surface area contributed by atoms with E-state index in [9.17, 15) is 0 Å².